The van der Waals surface area contributed by atoms with Gasteiger partial charge >= 0.3 is 0 Å². The average Bonchev–Trinajstić information content (AvgIpc) is 3.42. The van der Waals surface area contributed by atoms with Crippen LogP contribution in [-0.2, 0) is 7.05 Å². The van der Waals surface area contributed by atoms with Crippen LogP contribution in [0.15, 0.2) is 53.8 Å². The molecule has 166 valence electrons. The second-order valence-corrected chi connectivity index (χ2v) is 8.36. The number of aryl methyl sites for hydroxylation is 1. The van der Waals surface area contributed by atoms with E-state index in [0.29, 0.717) is 16.9 Å². The van der Waals surface area contributed by atoms with Crippen molar-refractivity contribution >= 4 is 16.9 Å². The van der Waals surface area contributed by atoms with Crippen molar-refractivity contribution in [2.24, 2.45) is 12.0 Å². The summed E-state index contributed by atoms with van der Waals surface area (Å²) in [7, 11) is 1.79. The predicted molar refractivity (Wildman–Crippen MR) is 121 cm³/mol. The zero-order chi connectivity index (χ0) is 22.9. The Labute approximate surface area is 189 Å². The SMILES string of the molecule is Cn1cc(-c2cc(C(=O)/N=c3\[nH]c4ccccc4n3[C@H]3CC[C@@H](O)CC3)cc(C#N)n2)cn1. The van der Waals surface area contributed by atoms with Gasteiger partial charge < -0.3 is 14.7 Å². The lowest BCUT2D eigenvalue weighted by Crippen LogP contribution is -2.29. The van der Waals surface area contributed by atoms with Gasteiger partial charge in [0.1, 0.15) is 11.8 Å². The normalized spacial score (nSPS) is 19.0. The summed E-state index contributed by atoms with van der Waals surface area (Å²) in [4.78, 5) is 25.2. The lowest BCUT2D eigenvalue weighted by Gasteiger charge is -2.27. The van der Waals surface area contributed by atoms with Gasteiger partial charge in [-0.25, -0.2) is 4.98 Å². The number of amides is 1. The van der Waals surface area contributed by atoms with Crippen molar-refractivity contribution in [2.75, 3.05) is 0 Å². The van der Waals surface area contributed by atoms with Gasteiger partial charge in [-0.2, -0.15) is 15.4 Å². The highest BCUT2D eigenvalue weighted by molar-refractivity contribution is 5.96. The number of para-hydroxylation sites is 2. The number of benzene rings is 1. The molecule has 1 aliphatic rings. The summed E-state index contributed by atoms with van der Waals surface area (Å²) in [6.07, 6.45) is 6.19. The Morgan fingerprint density at radius 2 is 2.03 bits per heavy atom. The van der Waals surface area contributed by atoms with Gasteiger partial charge in [-0.05, 0) is 49.9 Å². The number of H-pyrrole nitrogens is 1. The first-order chi connectivity index (χ1) is 16.0. The summed E-state index contributed by atoms with van der Waals surface area (Å²) >= 11 is 0. The fraction of sp³-hybridized carbons (Fsp3) is 0.292. The van der Waals surface area contributed by atoms with Gasteiger partial charge in [0.05, 0.1) is 29.0 Å². The van der Waals surface area contributed by atoms with E-state index >= 15 is 0 Å². The van der Waals surface area contributed by atoms with E-state index in [1.54, 1.807) is 30.2 Å². The Morgan fingerprint density at radius 3 is 2.76 bits per heavy atom. The number of aliphatic hydroxyl groups is 1. The minimum Gasteiger partial charge on any atom is -0.393 e. The van der Waals surface area contributed by atoms with Gasteiger partial charge in [0, 0.05) is 30.4 Å². The van der Waals surface area contributed by atoms with Crippen LogP contribution >= 0.6 is 0 Å². The maximum atomic E-state index is 13.2. The first kappa shape index (κ1) is 20.8. The molecular weight excluding hydrogens is 418 g/mol. The van der Waals surface area contributed by atoms with Gasteiger partial charge in [0.15, 0.2) is 0 Å². The summed E-state index contributed by atoms with van der Waals surface area (Å²) in [5.41, 5.74) is 3.94. The summed E-state index contributed by atoms with van der Waals surface area (Å²) in [6, 6.07) is 13.1. The smallest absolute Gasteiger partial charge is 0.280 e. The molecule has 0 saturated heterocycles. The minimum absolute atomic E-state index is 0.133. The molecule has 1 fully saturated rings. The zero-order valence-corrected chi connectivity index (χ0v) is 18.1. The van der Waals surface area contributed by atoms with Crippen LogP contribution in [0.5, 0.6) is 0 Å². The van der Waals surface area contributed by atoms with E-state index in [9.17, 15) is 15.2 Å². The topological polar surface area (TPSA) is 125 Å². The molecule has 2 N–H and O–H groups in total. The second kappa shape index (κ2) is 8.48. The number of pyridine rings is 1. The lowest BCUT2D eigenvalue weighted by atomic mass is 9.93. The fourth-order valence-electron chi connectivity index (χ4n) is 4.43. The highest BCUT2D eigenvalue weighted by Gasteiger charge is 2.23. The number of aromatic amines is 1. The van der Waals surface area contributed by atoms with E-state index in [-0.39, 0.29) is 23.4 Å². The van der Waals surface area contributed by atoms with Crippen LogP contribution in [0.4, 0.5) is 0 Å². The fourth-order valence-corrected chi connectivity index (χ4v) is 4.43. The van der Waals surface area contributed by atoms with Crippen molar-refractivity contribution in [3.05, 3.63) is 65.7 Å². The molecule has 9 nitrogen and oxygen atoms in total. The van der Waals surface area contributed by atoms with Crippen molar-refractivity contribution in [3.63, 3.8) is 0 Å². The standard InChI is InChI=1S/C24H23N7O2/c1-30-14-16(13-26-30)21-11-15(10-17(12-25)27-21)23(33)29-24-28-20-4-2-3-5-22(20)31(24)18-6-8-19(32)9-7-18/h2-5,10-11,13-14,18-19,32H,6-9H2,1H3,(H,28,29,33)/t18-,19+. The van der Waals surface area contributed by atoms with Gasteiger partial charge in [0.2, 0.25) is 5.62 Å². The maximum absolute atomic E-state index is 13.2. The molecule has 1 saturated carbocycles. The number of carbonyl (C=O) groups excluding carboxylic acids is 1. The number of hydrogen-bond donors (Lipinski definition) is 2. The molecule has 33 heavy (non-hydrogen) atoms. The van der Waals surface area contributed by atoms with Crippen molar-refractivity contribution < 1.29 is 9.90 Å². The third-order valence-corrected chi connectivity index (χ3v) is 6.06. The van der Waals surface area contributed by atoms with Gasteiger partial charge in [0.25, 0.3) is 5.91 Å². The van der Waals surface area contributed by atoms with Crippen molar-refractivity contribution in [3.8, 4) is 17.3 Å². The molecule has 1 aliphatic carbocycles. The minimum atomic E-state index is -0.463. The number of nitrogens with one attached hydrogen (secondary N) is 1. The highest BCUT2D eigenvalue weighted by Crippen LogP contribution is 2.29. The number of imidazole rings is 1. The Hall–Kier alpha value is -4.03. The molecule has 3 aromatic heterocycles. The molecule has 3 heterocycles. The molecule has 4 aromatic rings. The van der Waals surface area contributed by atoms with E-state index in [1.165, 1.54) is 6.07 Å². The summed E-state index contributed by atoms with van der Waals surface area (Å²) in [6.45, 7) is 0. The average molecular weight is 441 g/mol. The predicted octanol–water partition coefficient (Wildman–Crippen LogP) is 2.85. The van der Waals surface area contributed by atoms with Crippen LogP contribution in [-0.4, -0.2) is 41.4 Å². The molecule has 0 aliphatic heterocycles. The number of nitriles is 1. The molecule has 0 bridgehead atoms. The molecule has 5 rings (SSSR count). The van der Waals surface area contributed by atoms with E-state index in [4.69, 9.17) is 0 Å². The van der Waals surface area contributed by atoms with Crippen molar-refractivity contribution in [2.45, 2.75) is 37.8 Å². The number of rotatable bonds is 3. The van der Waals surface area contributed by atoms with E-state index < -0.39 is 5.91 Å². The Balaban J connectivity index is 1.60. The van der Waals surface area contributed by atoms with Crippen LogP contribution in [0, 0.1) is 11.3 Å². The van der Waals surface area contributed by atoms with Crippen LogP contribution in [0.1, 0.15) is 47.8 Å². The third kappa shape index (κ3) is 4.08. The molecule has 0 unspecified atom stereocenters. The zero-order valence-electron chi connectivity index (χ0n) is 18.1. The lowest BCUT2D eigenvalue weighted by molar-refractivity contribution is 0.0990. The van der Waals surface area contributed by atoms with Crippen molar-refractivity contribution in [1.82, 2.24) is 24.3 Å². The van der Waals surface area contributed by atoms with Gasteiger partial charge in [-0.3, -0.25) is 9.48 Å². The molecule has 0 radical (unpaired) electrons. The molecule has 1 amide bonds. The number of aromatic nitrogens is 5. The number of carbonyl (C=O) groups is 1. The number of fused-ring (bicyclic) bond motifs is 1. The Kier molecular flexibility index (Phi) is 5.36. The van der Waals surface area contributed by atoms with Crippen LogP contribution in [0.25, 0.3) is 22.3 Å². The van der Waals surface area contributed by atoms with E-state index in [1.807, 2.05) is 30.3 Å². The maximum Gasteiger partial charge on any atom is 0.280 e. The Bertz CT molecular complexity index is 1450. The van der Waals surface area contributed by atoms with Crippen LogP contribution < -0.4 is 5.62 Å². The summed E-state index contributed by atoms with van der Waals surface area (Å²) < 4.78 is 3.70. The van der Waals surface area contributed by atoms with Crippen LogP contribution in [0.3, 0.4) is 0 Å². The molecule has 0 spiro atoms. The largest absolute Gasteiger partial charge is 0.393 e. The monoisotopic (exact) mass is 441 g/mol. The summed E-state index contributed by atoms with van der Waals surface area (Å²) in [5.74, 6) is -0.463. The first-order valence-electron chi connectivity index (χ1n) is 10.9. The molecule has 0 atom stereocenters. The second-order valence-electron chi connectivity index (χ2n) is 8.36. The third-order valence-electron chi connectivity index (χ3n) is 6.06. The van der Waals surface area contributed by atoms with Gasteiger partial charge in [-0.1, -0.05) is 12.1 Å². The highest BCUT2D eigenvalue weighted by atomic mass is 16.3. The Morgan fingerprint density at radius 1 is 1.24 bits per heavy atom. The quantitative estimate of drug-likeness (QED) is 0.506. The van der Waals surface area contributed by atoms with E-state index in [2.05, 4.69) is 24.6 Å². The molecular formula is C24H23N7O2. The van der Waals surface area contributed by atoms with Crippen molar-refractivity contribution in [1.29, 1.82) is 5.26 Å². The molecule has 9 heteroatoms. The van der Waals surface area contributed by atoms with Gasteiger partial charge in [-0.15, -0.1) is 0 Å². The number of aliphatic hydroxyl groups excluding tert-OH is 1. The van der Waals surface area contributed by atoms with E-state index in [0.717, 1.165) is 36.7 Å². The first-order valence-corrected chi connectivity index (χ1v) is 10.9. The number of nitrogens with zero attached hydrogens (tertiary/aromatic N) is 6. The number of hydrogen-bond acceptors (Lipinski definition) is 5. The van der Waals surface area contributed by atoms with Crippen LogP contribution in [0.2, 0.25) is 0 Å². The summed E-state index contributed by atoms with van der Waals surface area (Å²) in [5, 5.41) is 23.5. The molecule has 1 aromatic carbocycles.